The van der Waals surface area contributed by atoms with Gasteiger partial charge in [0.2, 0.25) is 0 Å². The van der Waals surface area contributed by atoms with Crippen LogP contribution >= 0.6 is 15.9 Å². The third-order valence-corrected chi connectivity index (χ3v) is 2.85. The first-order valence-electron chi connectivity index (χ1n) is 4.41. The van der Waals surface area contributed by atoms with E-state index in [1.165, 1.54) is 6.07 Å². The molecule has 0 fully saturated rings. The number of hydrogen-bond acceptors (Lipinski definition) is 2. The van der Waals surface area contributed by atoms with Gasteiger partial charge in [0.25, 0.3) is 0 Å². The number of benzene rings is 1. The highest BCUT2D eigenvalue weighted by Gasteiger charge is 2.28. The van der Waals surface area contributed by atoms with Crippen LogP contribution in [0.25, 0.3) is 0 Å². The van der Waals surface area contributed by atoms with Gasteiger partial charge in [0.1, 0.15) is 11.4 Å². The summed E-state index contributed by atoms with van der Waals surface area (Å²) in [5, 5.41) is 10.0. The standard InChI is InChI=1S/C10H13BrFNO/c1-2-10(14,6-13)8-5-7(11)3-4-9(8)12/h3-5,14H,2,6,13H2,1H3. The van der Waals surface area contributed by atoms with Crippen LogP contribution < -0.4 is 5.73 Å². The average molecular weight is 262 g/mol. The first kappa shape index (κ1) is 11.6. The fourth-order valence-electron chi connectivity index (χ4n) is 1.30. The Morgan fingerprint density at radius 2 is 2.21 bits per heavy atom. The fourth-order valence-corrected chi connectivity index (χ4v) is 1.66. The molecule has 78 valence electrons. The quantitative estimate of drug-likeness (QED) is 0.876. The van der Waals surface area contributed by atoms with Crippen LogP contribution in [-0.2, 0) is 5.60 Å². The summed E-state index contributed by atoms with van der Waals surface area (Å²) >= 11 is 3.23. The summed E-state index contributed by atoms with van der Waals surface area (Å²) in [7, 11) is 0. The van der Waals surface area contributed by atoms with Crippen molar-refractivity contribution in [3.63, 3.8) is 0 Å². The summed E-state index contributed by atoms with van der Waals surface area (Å²) in [5.74, 6) is -0.428. The van der Waals surface area contributed by atoms with Gasteiger partial charge in [-0.05, 0) is 24.6 Å². The van der Waals surface area contributed by atoms with Gasteiger partial charge in [-0.2, -0.15) is 0 Å². The highest BCUT2D eigenvalue weighted by Crippen LogP contribution is 2.28. The van der Waals surface area contributed by atoms with Gasteiger partial charge in [0.05, 0.1) is 0 Å². The zero-order valence-electron chi connectivity index (χ0n) is 7.93. The number of nitrogens with two attached hydrogens (primary N) is 1. The molecule has 0 radical (unpaired) electrons. The van der Waals surface area contributed by atoms with Crippen LogP contribution in [0.15, 0.2) is 22.7 Å². The van der Waals surface area contributed by atoms with Crippen LogP contribution in [0.2, 0.25) is 0 Å². The van der Waals surface area contributed by atoms with Crippen LogP contribution in [0.5, 0.6) is 0 Å². The Balaban J connectivity index is 3.22. The molecule has 14 heavy (non-hydrogen) atoms. The summed E-state index contributed by atoms with van der Waals surface area (Å²) in [4.78, 5) is 0. The molecule has 0 aliphatic rings. The van der Waals surface area contributed by atoms with E-state index >= 15 is 0 Å². The third-order valence-electron chi connectivity index (χ3n) is 2.35. The van der Waals surface area contributed by atoms with E-state index in [0.717, 1.165) is 4.47 Å². The van der Waals surface area contributed by atoms with E-state index in [-0.39, 0.29) is 12.1 Å². The zero-order valence-corrected chi connectivity index (χ0v) is 9.51. The van der Waals surface area contributed by atoms with Crippen molar-refractivity contribution in [1.82, 2.24) is 0 Å². The summed E-state index contributed by atoms with van der Waals surface area (Å²) in [6.45, 7) is 1.78. The third kappa shape index (κ3) is 2.13. The van der Waals surface area contributed by atoms with Crippen LogP contribution in [0, 0.1) is 5.82 Å². The molecule has 3 N–H and O–H groups in total. The van der Waals surface area contributed by atoms with Crippen LogP contribution in [0.4, 0.5) is 4.39 Å². The van der Waals surface area contributed by atoms with Crippen LogP contribution in [0.3, 0.4) is 0 Å². The molecule has 0 aliphatic carbocycles. The first-order chi connectivity index (χ1) is 6.53. The molecule has 1 aromatic rings. The minimum atomic E-state index is -1.27. The maximum Gasteiger partial charge on any atom is 0.129 e. The van der Waals surface area contributed by atoms with Crippen molar-refractivity contribution in [2.75, 3.05) is 6.54 Å². The molecule has 1 aromatic carbocycles. The molecule has 1 atom stereocenters. The van der Waals surface area contributed by atoms with Gasteiger partial charge in [-0.15, -0.1) is 0 Å². The van der Waals surface area contributed by atoms with Gasteiger partial charge in [-0.1, -0.05) is 22.9 Å². The van der Waals surface area contributed by atoms with Gasteiger partial charge < -0.3 is 10.8 Å². The molecule has 0 aromatic heterocycles. The number of hydrogen-bond donors (Lipinski definition) is 2. The fraction of sp³-hybridized carbons (Fsp3) is 0.400. The number of aliphatic hydroxyl groups is 1. The molecule has 0 saturated carbocycles. The molecular formula is C10H13BrFNO. The lowest BCUT2D eigenvalue weighted by Crippen LogP contribution is -2.35. The van der Waals surface area contributed by atoms with Gasteiger partial charge in [0, 0.05) is 16.6 Å². The number of halogens is 2. The minimum Gasteiger partial charge on any atom is -0.384 e. The van der Waals surface area contributed by atoms with E-state index in [9.17, 15) is 9.50 Å². The zero-order chi connectivity index (χ0) is 10.8. The molecular weight excluding hydrogens is 249 g/mol. The molecule has 0 saturated heterocycles. The van der Waals surface area contributed by atoms with Crippen LogP contribution in [-0.4, -0.2) is 11.7 Å². The van der Waals surface area contributed by atoms with Crippen molar-refractivity contribution in [3.05, 3.63) is 34.1 Å². The maximum atomic E-state index is 13.4. The van der Waals surface area contributed by atoms with E-state index in [2.05, 4.69) is 15.9 Å². The summed E-state index contributed by atoms with van der Waals surface area (Å²) < 4.78 is 14.1. The first-order valence-corrected chi connectivity index (χ1v) is 5.21. The second-order valence-electron chi connectivity index (χ2n) is 3.21. The molecule has 0 spiro atoms. The normalized spacial score (nSPS) is 15.2. The Labute approximate surface area is 91.1 Å². The van der Waals surface area contributed by atoms with Crippen LogP contribution in [0.1, 0.15) is 18.9 Å². The highest BCUT2D eigenvalue weighted by atomic mass is 79.9. The molecule has 4 heteroatoms. The highest BCUT2D eigenvalue weighted by molar-refractivity contribution is 9.10. The Morgan fingerprint density at radius 1 is 1.57 bits per heavy atom. The van der Waals surface area contributed by atoms with Gasteiger partial charge in [0.15, 0.2) is 0 Å². The number of rotatable bonds is 3. The van der Waals surface area contributed by atoms with Crippen molar-refractivity contribution < 1.29 is 9.50 Å². The smallest absolute Gasteiger partial charge is 0.129 e. The van der Waals surface area contributed by atoms with E-state index in [1.807, 2.05) is 0 Å². The van der Waals surface area contributed by atoms with Crippen molar-refractivity contribution in [2.45, 2.75) is 18.9 Å². The summed E-state index contributed by atoms with van der Waals surface area (Å²) in [6, 6.07) is 4.47. The van der Waals surface area contributed by atoms with E-state index < -0.39 is 11.4 Å². The second-order valence-corrected chi connectivity index (χ2v) is 4.13. The Morgan fingerprint density at radius 3 is 2.71 bits per heavy atom. The maximum absolute atomic E-state index is 13.4. The predicted octanol–water partition coefficient (Wildman–Crippen LogP) is 2.14. The molecule has 0 aliphatic heterocycles. The van der Waals surface area contributed by atoms with Gasteiger partial charge in [-0.3, -0.25) is 0 Å². The van der Waals surface area contributed by atoms with Gasteiger partial charge >= 0.3 is 0 Å². The Hall–Kier alpha value is -0.450. The van der Waals surface area contributed by atoms with Crippen molar-refractivity contribution in [3.8, 4) is 0 Å². The lowest BCUT2D eigenvalue weighted by Gasteiger charge is -2.26. The van der Waals surface area contributed by atoms with E-state index in [0.29, 0.717) is 6.42 Å². The van der Waals surface area contributed by atoms with E-state index in [1.54, 1.807) is 19.1 Å². The Kier molecular flexibility index (Phi) is 3.64. The van der Waals surface area contributed by atoms with E-state index in [4.69, 9.17) is 5.73 Å². The molecule has 1 unspecified atom stereocenters. The van der Waals surface area contributed by atoms with Crippen molar-refractivity contribution in [2.24, 2.45) is 5.73 Å². The summed E-state index contributed by atoms with van der Waals surface area (Å²) in [6.07, 6.45) is 0.386. The molecule has 2 nitrogen and oxygen atoms in total. The SMILES string of the molecule is CCC(O)(CN)c1cc(Br)ccc1F. The average Bonchev–Trinajstić information content (AvgIpc) is 2.20. The summed E-state index contributed by atoms with van der Waals surface area (Å²) in [5.41, 5.74) is 4.41. The lowest BCUT2D eigenvalue weighted by molar-refractivity contribution is 0.0382. The minimum absolute atomic E-state index is 0.0108. The largest absolute Gasteiger partial charge is 0.384 e. The van der Waals surface area contributed by atoms with Crippen molar-refractivity contribution >= 4 is 15.9 Å². The van der Waals surface area contributed by atoms with Crippen molar-refractivity contribution in [1.29, 1.82) is 0 Å². The molecule has 0 amide bonds. The molecule has 0 heterocycles. The molecule has 0 bridgehead atoms. The van der Waals surface area contributed by atoms with Gasteiger partial charge in [-0.25, -0.2) is 4.39 Å². The predicted molar refractivity (Wildman–Crippen MR) is 57.3 cm³/mol. The second kappa shape index (κ2) is 4.38. The Bertz CT molecular complexity index is 326. The topological polar surface area (TPSA) is 46.2 Å². The molecule has 1 rings (SSSR count). The monoisotopic (exact) mass is 261 g/mol. The lowest BCUT2D eigenvalue weighted by atomic mass is 9.91.